The topological polar surface area (TPSA) is 38.9 Å². The lowest BCUT2D eigenvalue weighted by Gasteiger charge is -2.03. The summed E-state index contributed by atoms with van der Waals surface area (Å²) < 4.78 is 38.3. The van der Waals surface area contributed by atoms with Crippen molar-refractivity contribution in [2.45, 2.75) is 19.1 Å². The number of rotatable bonds is 3. The van der Waals surface area contributed by atoms with Gasteiger partial charge in [-0.05, 0) is 17.7 Å². The van der Waals surface area contributed by atoms with Crippen LogP contribution in [-0.4, -0.2) is 4.98 Å². The molecule has 0 aliphatic rings. The highest BCUT2D eigenvalue weighted by Crippen LogP contribution is 2.35. The molecule has 1 aromatic heterocycles. The molecule has 0 bridgehead atoms. The van der Waals surface area contributed by atoms with Gasteiger partial charge in [0.25, 0.3) is 0 Å². The van der Waals surface area contributed by atoms with Crippen molar-refractivity contribution in [1.29, 1.82) is 0 Å². The van der Waals surface area contributed by atoms with E-state index in [-0.39, 0.29) is 17.8 Å². The SMILES string of the molecule is NCc1sc(Cc2ccc(Cl)c(Cl)c2)nc1C(F)(F)F. The second kappa shape index (κ2) is 5.89. The molecule has 2 N–H and O–H groups in total. The van der Waals surface area contributed by atoms with E-state index in [1.54, 1.807) is 18.2 Å². The Hall–Kier alpha value is -0.820. The van der Waals surface area contributed by atoms with Gasteiger partial charge in [-0.15, -0.1) is 11.3 Å². The molecule has 1 aromatic carbocycles. The summed E-state index contributed by atoms with van der Waals surface area (Å²) in [5.74, 6) is 0. The fraction of sp³-hybridized carbons (Fsp3) is 0.250. The number of hydrogen-bond acceptors (Lipinski definition) is 3. The van der Waals surface area contributed by atoms with Gasteiger partial charge in [-0.25, -0.2) is 4.98 Å². The van der Waals surface area contributed by atoms with E-state index >= 15 is 0 Å². The van der Waals surface area contributed by atoms with E-state index in [0.717, 1.165) is 16.9 Å². The molecule has 0 amide bonds. The Morgan fingerprint density at radius 3 is 2.40 bits per heavy atom. The second-order valence-corrected chi connectivity index (χ2v) is 5.99. The minimum atomic E-state index is -4.49. The van der Waals surface area contributed by atoms with Crippen LogP contribution in [0.3, 0.4) is 0 Å². The fourth-order valence-electron chi connectivity index (χ4n) is 1.66. The van der Waals surface area contributed by atoms with E-state index in [9.17, 15) is 13.2 Å². The zero-order valence-corrected chi connectivity index (χ0v) is 12.3. The summed E-state index contributed by atoms with van der Waals surface area (Å²) in [5.41, 5.74) is 5.17. The van der Waals surface area contributed by atoms with E-state index in [1.807, 2.05) is 0 Å². The molecule has 20 heavy (non-hydrogen) atoms. The lowest BCUT2D eigenvalue weighted by Crippen LogP contribution is -2.10. The number of aromatic nitrogens is 1. The maximum atomic E-state index is 12.8. The fourth-order valence-corrected chi connectivity index (χ4v) is 2.98. The first kappa shape index (κ1) is 15.6. The number of halogens is 5. The smallest absolute Gasteiger partial charge is 0.326 e. The highest BCUT2D eigenvalue weighted by atomic mass is 35.5. The van der Waals surface area contributed by atoms with Gasteiger partial charge in [-0.1, -0.05) is 29.3 Å². The van der Waals surface area contributed by atoms with Crippen LogP contribution in [-0.2, 0) is 19.1 Å². The van der Waals surface area contributed by atoms with Crippen molar-refractivity contribution in [1.82, 2.24) is 4.98 Å². The Balaban J connectivity index is 2.30. The Morgan fingerprint density at radius 2 is 1.90 bits per heavy atom. The number of hydrogen-bond donors (Lipinski definition) is 1. The van der Waals surface area contributed by atoms with Crippen molar-refractivity contribution in [3.05, 3.63) is 49.4 Å². The monoisotopic (exact) mass is 340 g/mol. The number of nitrogens with zero attached hydrogens (tertiary/aromatic N) is 1. The first-order valence-corrected chi connectivity index (χ1v) is 7.08. The van der Waals surface area contributed by atoms with Gasteiger partial charge in [0.1, 0.15) is 0 Å². The molecule has 108 valence electrons. The minimum Gasteiger partial charge on any atom is -0.326 e. The minimum absolute atomic E-state index is 0.0348. The van der Waals surface area contributed by atoms with E-state index in [1.165, 1.54) is 0 Å². The van der Waals surface area contributed by atoms with E-state index in [4.69, 9.17) is 28.9 Å². The molecule has 0 unspecified atom stereocenters. The van der Waals surface area contributed by atoms with Gasteiger partial charge in [0.05, 0.1) is 19.9 Å². The quantitative estimate of drug-likeness (QED) is 0.892. The molecule has 0 radical (unpaired) electrons. The first-order valence-electron chi connectivity index (χ1n) is 5.51. The van der Waals surface area contributed by atoms with Gasteiger partial charge in [-0.2, -0.15) is 13.2 Å². The van der Waals surface area contributed by atoms with Crippen molar-refractivity contribution in [3.63, 3.8) is 0 Å². The second-order valence-electron chi connectivity index (χ2n) is 4.01. The highest BCUT2D eigenvalue weighted by molar-refractivity contribution is 7.11. The summed E-state index contributed by atoms with van der Waals surface area (Å²) in [5, 5.41) is 1.10. The summed E-state index contributed by atoms with van der Waals surface area (Å²) >= 11 is 12.6. The van der Waals surface area contributed by atoms with Crippen LogP contribution in [0.1, 0.15) is 21.1 Å². The Kier molecular flexibility index (Phi) is 4.59. The number of nitrogens with two attached hydrogens (primary N) is 1. The molecule has 1 heterocycles. The van der Waals surface area contributed by atoms with Crippen LogP contribution < -0.4 is 5.73 Å². The van der Waals surface area contributed by atoms with Crippen molar-refractivity contribution < 1.29 is 13.2 Å². The molecule has 8 heteroatoms. The Morgan fingerprint density at radius 1 is 1.20 bits per heavy atom. The normalized spacial score (nSPS) is 11.9. The maximum absolute atomic E-state index is 12.8. The average molecular weight is 341 g/mol. The molecule has 0 saturated heterocycles. The van der Waals surface area contributed by atoms with Crippen LogP contribution in [0.5, 0.6) is 0 Å². The molecule has 2 nitrogen and oxygen atoms in total. The van der Waals surface area contributed by atoms with Crippen LogP contribution in [0.4, 0.5) is 13.2 Å². The van der Waals surface area contributed by atoms with Crippen LogP contribution in [0.2, 0.25) is 10.0 Å². The third-order valence-electron chi connectivity index (χ3n) is 2.53. The summed E-state index contributed by atoms with van der Waals surface area (Å²) in [6, 6.07) is 4.91. The maximum Gasteiger partial charge on any atom is 0.434 e. The summed E-state index contributed by atoms with van der Waals surface area (Å²) in [7, 11) is 0. The van der Waals surface area contributed by atoms with Crippen LogP contribution >= 0.6 is 34.5 Å². The lowest BCUT2D eigenvalue weighted by molar-refractivity contribution is -0.141. The summed E-state index contributed by atoms with van der Waals surface area (Å²) in [6.07, 6.45) is -4.23. The molecule has 2 aromatic rings. The molecule has 0 atom stereocenters. The van der Waals surface area contributed by atoms with Crippen LogP contribution in [0.25, 0.3) is 0 Å². The summed E-state index contributed by atoms with van der Waals surface area (Å²) in [6.45, 7) is -0.187. The van der Waals surface area contributed by atoms with Gasteiger partial charge >= 0.3 is 6.18 Å². The van der Waals surface area contributed by atoms with Crippen molar-refractivity contribution in [2.24, 2.45) is 5.73 Å². The molecule has 0 aliphatic carbocycles. The van der Waals surface area contributed by atoms with E-state index in [0.29, 0.717) is 15.1 Å². The standard InChI is InChI=1S/C12H9Cl2F3N2S/c13-7-2-1-6(3-8(7)14)4-10-19-11(12(15,16)17)9(5-18)20-10/h1-3H,4-5,18H2. The predicted molar refractivity (Wildman–Crippen MR) is 74.3 cm³/mol. The third kappa shape index (κ3) is 3.44. The largest absolute Gasteiger partial charge is 0.434 e. The molecular weight excluding hydrogens is 332 g/mol. The zero-order valence-electron chi connectivity index (χ0n) is 9.97. The lowest BCUT2D eigenvalue weighted by atomic mass is 10.1. The van der Waals surface area contributed by atoms with Crippen molar-refractivity contribution in [3.8, 4) is 0 Å². The van der Waals surface area contributed by atoms with Crippen LogP contribution in [0.15, 0.2) is 18.2 Å². The van der Waals surface area contributed by atoms with Crippen LogP contribution in [0, 0.1) is 0 Å². The molecule has 0 fully saturated rings. The number of benzene rings is 1. The van der Waals surface area contributed by atoms with Gasteiger partial charge in [0.2, 0.25) is 0 Å². The van der Waals surface area contributed by atoms with Gasteiger partial charge in [0, 0.05) is 13.0 Å². The number of thiazole rings is 1. The zero-order chi connectivity index (χ0) is 14.9. The Labute approximate surface area is 127 Å². The molecule has 0 spiro atoms. The van der Waals surface area contributed by atoms with E-state index in [2.05, 4.69) is 4.98 Å². The van der Waals surface area contributed by atoms with Gasteiger partial charge in [-0.3, -0.25) is 0 Å². The van der Waals surface area contributed by atoms with E-state index < -0.39 is 11.9 Å². The average Bonchev–Trinajstić information content (AvgIpc) is 2.77. The Bertz CT molecular complexity index is 626. The molecular formula is C12H9Cl2F3N2S. The third-order valence-corrected chi connectivity index (χ3v) is 4.35. The molecule has 2 rings (SSSR count). The first-order chi connectivity index (χ1) is 9.31. The van der Waals surface area contributed by atoms with Gasteiger partial charge < -0.3 is 5.73 Å². The summed E-state index contributed by atoms with van der Waals surface area (Å²) in [4.78, 5) is 3.67. The molecule has 0 saturated carbocycles. The predicted octanol–water partition coefficient (Wildman–Crippen LogP) is 4.52. The van der Waals surface area contributed by atoms with Gasteiger partial charge in [0.15, 0.2) is 5.69 Å². The van der Waals surface area contributed by atoms with Crippen molar-refractivity contribution in [2.75, 3.05) is 0 Å². The highest BCUT2D eigenvalue weighted by Gasteiger charge is 2.36. The van der Waals surface area contributed by atoms with Crippen molar-refractivity contribution >= 4 is 34.5 Å². The number of alkyl halides is 3. The molecule has 0 aliphatic heterocycles.